The number of rotatable bonds is 3. The molecule has 18 heavy (non-hydrogen) atoms. The fourth-order valence-electron chi connectivity index (χ4n) is 1.35. The second kappa shape index (κ2) is 5.05. The Bertz CT molecular complexity index is 584. The van der Waals surface area contributed by atoms with Crippen LogP contribution >= 0.6 is 0 Å². The number of esters is 1. The van der Waals surface area contributed by atoms with Gasteiger partial charge in [0.1, 0.15) is 11.9 Å². The standard InChI is InChI=1S/C12H8N2O4/c15-12(18-9-5-2-1-3-6-9)10-7-4-8-13-11(10)14(16)17/h1-8H. The van der Waals surface area contributed by atoms with Gasteiger partial charge in [0.15, 0.2) is 5.56 Å². The molecule has 2 aromatic rings. The molecule has 6 nitrogen and oxygen atoms in total. The van der Waals surface area contributed by atoms with Gasteiger partial charge in [-0.05, 0) is 34.2 Å². The molecule has 0 aliphatic heterocycles. The van der Waals surface area contributed by atoms with Crippen molar-refractivity contribution in [1.29, 1.82) is 0 Å². The lowest BCUT2D eigenvalue weighted by Crippen LogP contribution is -2.11. The Labute approximate surface area is 102 Å². The van der Waals surface area contributed by atoms with E-state index in [1.165, 1.54) is 18.3 Å². The van der Waals surface area contributed by atoms with Gasteiger partial charge in [0.25, 0.3) is 0 Å². The number of nitro groups is 1. The Morgan fingerprint density at radius 3 is 2.56 bits per heavy atom. The van der Waals surface area contributed by atoms with Gasteiger partial charge < -0.3 is 14.9 Å². The first-order valence-electron chi connectivity index (χ1n) is 5.05. The quantitative estimate of drug-likeness (QED) is 0.358. The van der Waals surface area contributed by atoms with Gasteiger partial charge in [-0.1, -0.05) is 18.2 Å². The van der Waals surface area contributed by atoms with Crippen molar-refractivity contribution in [2.45, 2.75) is 0 Å². The normalized spacial score (nSPS) is 9.78. The fraction of sp³-hybridized carbons (Fsp3) is 0. The summed E-state index contributed by atoms with van der Waals surface area (Å²) in [6, 6.07) is 11.1. The molecule has 0 fully saturated rings. The summed E-state index contributed by atoms with van der Waals surface area (Å²) >= 11 is 0. The highest BCUT2D eigenvalue weighted by Crippen LogP contribution is 2.17. The largest absolute Gasteiger partial charge is 0.423 e. The van der Waals surface area contributed by atoms with Crippen LogP contribution in [0.4, 0.5) is 5.82 Å². The van der Waals surface area contributed by atoms with E-state index in [0.717, 1.165) is 0 Å². The van der Waals surface area contributed by atoms with Crippen LogP contribution in [0.15, 0.2) is 48.7 Å². The van der Waals surface area contributed by atoms with E-state index in [2.05, 4.69) is 4.98 Å². The molecule has 0 atom stereocenters. The molecule has 6 heteroatoms. The highest BCUT2D eigenvalue weighted by molar-refractivity contribution is 5.94. The van der Waals surface area contributed by atoms with E-state index in [4.69, 9.17) is 4.74 Å². The summed E-state index contributed by atoms with van der Waals surface area (Å²) in [4.78, 5) is 25.3. The van der Waals surface area contributed by atoms with Crippen molar-refractivity contribution < 1.29 is 14.5 Å². The van der Waals surface area contributed by atoms with Crippen molar-refractivity contribution in [3.8, 4) is 5.75 Å². The van der Waals surface area contributed by atoms with E-state index >= 15 is 0 Å². The van der Waals surface area contributed by atoms with E-state index < -0.39 is 16.7 Å². The lowest BCUT2D eigenvalue weighted by atomic mass is 10.2. The summed E-state index contributed by atoms with van der Waals surface area (Å²) in [7, 11) is 0. The first kappa shape index (κ1) is 11.7. The Balaban J connectivity index is 2.27. The van der Waals surface area contributed by atoms with Crippen LogP contribution in [-0.2, 0) is 0 Å². The maximum Gasteiger partial charge on any atom is 0.378 e. The van der Waals surface area contributed by atoms with Crippen molar-refractivity contribution in [2.24, 2.45) is 0 Å². The molecule has 0 saturated carbocycles. The summed E-state index contributed by atoms with van der Waals surface area (Å²) in [5.41, 5.74) is -0.175. The zero-order valence-corrected chi connectivity index (χ0v) is 9.15. The molecular formula is C12H8N2O4. The van der Waals surface area contributed by atoms with E-state index in [-0.39, 0.29) is 5.56 Å². The molecule has 90 valence electrons. The molecular weight excluding hydrogens is 236 g/mol. The number of benzene rings is 1. The van der Waals surface area contributed by atoms with Crippen molar-refractivity contribution >= 4 is 11.8 Å². The molecule has 0 aliphatic carbocycles. The van der Waals surface area contributed by atoms with Crippen molar-refractivity contribution in [2.75, 3.05) is 0 Å². The van der Waals surface area contributed by atoms with Gasteiger partial charge in [-0.25, -0.2) is 4.79 Å². The number of aromatic nitrogens is 1. The predicted molar refractivity (Wildman–Crippen MR) is 62.3 cm³/mol. The third-order valence-electron chi connectivity index (χ3n) is 2.13. The van der Waals surface area contributed by atoms with Crippen LogP contribution in [0.3, 0.4) is 0 Å². The topological polar surface area (TPSA) is 82.3 Å². The number of ether oxygens (including phenoxy) is 1. The molecule has 1 heterocycles. The van der Waals surface area contributed by atoms with Gasteiger partial charge in [-0.2, -0.15) is 0 Å². The zero-order valence-electron chi connectivity index (χ0n) is 9.15. The minimum Gasteiger partial charge on any atom is -0.423 e. The monoisotopic (exact) mass is 244 g/mol. The van der Waals surface area contributed by atoms with Crippen LogP contribution in [0.5, 0.6) is 5.75 Å². The zero-order chi connectivity index (χ0) is 13.0. The van der Waals surface area contributed by atoms with E-state index in [9.17, 15) is 14.9 Å². The summed E-state index contributed by atoms with van der Waals surface area (Å²) in [5.74, 6) is -1.000. The molecule has 0 unspecified atom stereocenters. The maximum atomic E-state index is 11.8. The van der Waals surface area contributed by atoms with E-state index in [0.29, 0.717) is 5.75 Å². The van der Waals surface area contributed by atoms with Gasteiger partial charge in [0, 0.05) is 0 Å². The number of carbonyl (C=O) groups excluding carboxylic acids is 1. The number of para-hydroxylation sites is 1. The molecule has 0 radical (unpaired) electrons. The minimum atomic E-state index is -0.805. The Kier molecular flexibility index (Phi) is 3.29. The first-order valence-corrected chi connectivity index (χ1v) is 5.05. The molecule has 0 amide bonds. The molecule has 1 aromatic heterocycles. The van der Waals surface area contributed by atoms with E-state index in [1.54, 1.807) is 30.3 Å². The van der Waals surface area contributed by atoms with Crippen molar-refractivity contribution in [3.05, 3.63) is 64.3 Å². The third kappa shape index (κ3) is 2.49. The number of carbonyl (C=O) groups is 1. The van der Waals surface area contributed by atoms with Gasteiger partial charge in [0.2, 0.25) is 0 Å². The SMILES string of the molecule is O=C(Oc1ccccc1)c1cccnc1[N+](=O)[O-]. The summed E-state index contributed by atoms with van der Waals surface area (Å²) in [5, 5.41) is 10.7. The molecule has 0 N–H and O–H groups in total. The van der Waals surface area contributed by atoms with Gasteiger partial charge in [-0.15, -0.1) is 0 Å². The van der Waals surface area contributed by atoms with Crippen LogP contribution in [0, 0.1) is 10.1 Å². The van der Waals surface area contributed by atoms with Gasteiger partial charge >= 0.3 is 11.8 Å². The second-order valence-electron chi connectivity index (χ2n) is 3.33. The van der Waals surface area contributed by atoms with Gasteiger partial charge in [-0.3, -0.25) is 0 Å². The summed E-state index contributed by atoms with van der Waals surface area (Å²) in [6.45, 7) is 0. The number of pyridine rings is 1. The Morgan fingerprint density at radius 2 is 1.89 bits per heavy atom. The molecule has 2 rings (SSSR count). The number of hydrogen-bond acceptors (Lipinski definition) is 5. The van der Waals surface area contributed by atoms with Crippen LogP contribution in [-0.4, -0.2) is 15.9 Å². The highest BCUT2D eigenvalue weighted by Gasteiger charge is 2.22. The lowest BCUT2D eigenvalue weighted by molar-refractivity contribution is -0.389. The molecule has 0 bridgehead atoms. The predicted octanol–water partition coefficient (Wildman–Crippen LogP) is 2.21. The Morgan fingerprint density at radius 1 is 1.17 bits per heavy atom. The molecule has 1 aromatic carbocycles. The van der Waals surface area contributed by atoms with Crippen molar-refractivity contribution in [1.82, 2.24) is 4.98 Å². The first-order chi connectivity index (χ1) is 8.68. The maximum absolute atomic E-state index is 11.8. The summed E-state index contributed by atoms with van der Waals surface area (Å²) in [6.07, 6.45) is 1.25. The van der Waals surface area contributed by atoms with Crippen molar-refractivity contribution in [3.63, 3.8) is 0 Å². The Hall–Kier alpha value is -2.76. The number of hydrogen-bond donors (Lipinski definition) is 0. The average Bonchev–Trinajstić information content (AvgIpc) is 2.40. The van der Waals surface area contributed by atoms with Gasteiger partial charge in [0.05, 0.1) is 0 Å². The van der Waals surface area contributed by atoms with Crippen LogP contribution in [0.2, 0.25) is 0 Å². The van der Waals surface area contributed by atoms with E-state index in [1.807, 2.05) is 0 Å². The third-order valence-corrected chi connectivity index (χ3v) is 2.13. The molecule has 0 spiro atoms. The second-order valence-corrected chi connectivity index (χ2v) is 3.33. The summed E-state index contributed by atoms with van der Waals surface area (Å²) < 4.78 is 5.01. The number of nitrogens with zero attached hydrogens (tertiary/aromatic N) is 2. The lowest BCUT2D eigenvalue weighted by Gasteiger charge is -2.03. The minimum absolute atomic E-state index is 0.175. The molecule has 0 saturated heterocycles. The highest BCUT2D eigenvalue weighted by atomic mass is 16.6. The van der Waals surface area contributed by atoms with Crippen LogP contribution in [0.25, 0.3) is 0 Å². The fourth-order valence-corrected chi connectivity index (χ4v) is 1.35. The van der Waals surface area contributed by atoms with Crippen LogP contribution in [0.1, 0.15) is 10.4 Å². The smallest absolute Gasteiger partial charge is 0.378 e. The van der Waals surface area contributed by atoms with Crippen LogP contribution < -0.4 is 4.74 Å². The molecule has 0 aliphatic rings. The average molecular weight is 244 g/mol.